The lowest BCUT2D eigenvalue weighted by atomic mass is 9.85. The zero-order valence-electron chi connectivity index (χ0n) is 9.92. The van der Waals surface area contributed by atoms with E-state index in [-0.39, 0.29) is 12.1 Å². The minimum Gasteiger partial charge on any atom is -0.497 e. The highest BCUT2D eigenvalue weighted by molar-refractivity contribution is 5.58. The van der Waals surface area contributed by atoms with E-state index in [2.05, 4.69) is 18.3 Å². The van der Waals surface area contributed by atoms with Crippen molar-refractivity contribution in [2.24, 2.45) is 0 Å². The summed E-state index contributed by atoms with van der Waals surface area (Å²) in [5, 5.41) is 13.0. The van der Waals surface area contributed by atoms with Gasteiger partial charge in [-0.05, 0) is 30.9 Å². The predicted octanol–water partition coefficient (Wildman–Crippen LogP) is 2.19. The van der Waals surface area contributed by atoms with E-state index in [4.69, 9.17) is 4.74 Å². The second-order valence-corrected chi connectivity index (χ2v) is 4.44. The van der Waals surface area contributed by atoms with Crippen LogP contribution in [-0.4, -0.2) is 24.4 Å². The zero-order chi connectivity index (χ0) is 11.6. The molecule has 1 unspecified atom stereocenters. The molecule has 88 valence electrons. The lowest BCUT2D eigenvalue weighted by molar-refractivity contribution is 0.195. The molecule has 1 heterocycles. The van der Waals surface area contributed by atoms with Gasteiger partial charge in [0.05, 0.1) is 19.3 Å². The van der Waals surface area contributed by atoms with Gasteiger partial charge in [0.15, 0.2) is 0 Å². The number of aryl methyl sites for hydroxylation is 1. The fourth-order valence-electron chi connectivity index (χ4n) is 2.23. The maximum absolute atomic E-state index is 9.50. The van der Waals surface area contributed by atoms with Crippen LogP contribution in [0.5, 0.6) is 5.75 Å². The van der Waals surface area contributed by atoms with Crippen LogP contribution in [0.4, 0.5) is 5.69 Å². The molecule has 2 rings (SSSR count). The van der Waals surface area contributed by atoms with Crippen LogP contribution in [0.15, 0.2) is 18.2 Å². The Morgan fingerprint density at radius 1 is 1.50 bits per heavy atom. The van der Waals surface area contributed by atoms with Gasteiger partial charge in [-0.3, -0.25) is 0 Å². The van der Waals surface area contributed by atoms with Gasteiger partial charge in [-0.25, -0.2) is 0 Å². The summed E-state index contributed by atoms with van der Waals surface area (Å²) >= 11 is 0. The third-order valence-electron chi connectivity index (χ3n) is 3.57. The molecule has 3 heteroatoms. The minimum absolute atomic E-state index is 0.153. The lowest BCUT2D eigenvalue weighted by Gasteiger charge is -2.38. The number of aliphatic hydroxyl groups excluding tert-OH is 1. The van der Waals surface area contributed by atoms with Crippen LogP contribution in [0.1, 0.15) is 25.3 Å². The number of hydrogen-bond donors (Lipinski definition) is 2. The molecule has 1 aliphatic heterocycles. The van der Waals surface area contributed by atoms with Crippen LogP contribution in [0, 0.1) is 0 Å². The quantitative estimate of drug-likeness (QED) is 0.822. The third-order valence-corrected chi connectivity index (χ3v) is 3.57. The second kappa shape index (κ2) is 4.34. The van der Waals surface area contributed by atoms with E-state index in [0.29, 0.717) is 0 Å². The van der Waals surface area contributed by atoms with Crippen molar-refractivity contribution in [3.8, 4) is 5.75 Å². The molecule has 0 radical (unpaired) electrons. The molecule has 0 aliphatic carbocycles. The van der Waals surface area contributed by atoms with Crippen molar-refractivity contribution in [1.29, 1.82) is 0 Å². The summed E-state index contributed by atoms with van der Waals surface area (Å²) in [7, 11) is 1.67. The van der Waals surface area contributed by atoms with Gasteiger partial charge in [0.1, 0.15) is 5.75 Å². The number of nitrogens with one attached hydrogen (secondary N) is 1. The van der Waals surface area contributed by atoms with E-state index in [1.807, 2.05) is 12.1 Å². The molecule has 0 fully saturated rings. The maximum atomic E-state index is 9.50. The number of anilines is 1. The van der Waals surface area contributed by atoms with E-state index in [9.17, 15) is 5.11 Å². The number of fused-ring (bicyclic) bond motifs is 1. The van der Waals surface area contributed by atoms with E-state index in [1.54, 1.807) is 7.11 Å². The number of rotatable bonds is 3. The highest BCUT2D eigenvalue weighted by Gasteiger charge is 2.31. The Morgan fingerprint density at radius 2 is 2.31 bits per heavy atom. The fraction of sp³-hybridized carbons (Fsp3) is 0.538. The smallest absolute Gasteiger partial charge is 0.120 e. The fourth-order valence-corrected chi connectivity index (χ4v) is 2.23. The second-order valence-electron chi connectivity index (χ2n) is 4.44. The Kier molecular flexibility index (Phi) is 3.06. The van der Waals surface area contributed by atoms with Crippen LogP contribution in [0.2, 0.25) is 0 Å². The average molecular weight is 221 g/mol. The lowest BCUT2D eigenvalue weighted by Crippen LogP contribution is -2.44. The Balaban J connectivity index is 2.30. The zero-order valence-corrected chi connectivity index (χ0v) is 9.92. The molecule has 0 spiro atoms. The van der Waals surface area contributed by atoms with Crippen molar-refractivity contribution in [2.75, 3.05) is 19.0 Å². The highest BCUT2D eigenvalue weighted by atomic mass is 16.5. The molecule has 2 N–H and O–H groups in total. The van der Waals surface area contributed by atoms with Crippen LogP contribution in [-0.2, 0) is 6.42 Å². The maximum Gasteiger partial charge on any atom is 0.120 e. The molecule has 1 aromatic carbocycles. The topological polar surface area (TPSA) is 41.5 Å². The normalized spacial score (nSPS) is 23.4. The Hall–Kier alpha value is -1.22. The summed E-state index contributed by atoms with van der Waals surface area (Å²) in [5.41, 5.74) is 2.25. The molecular formula is C13H19NO2. The van der Waals surface area contributed by atoms with E-state index in [1.165, 1.54) is 5.56 Å². The first-order valence-electron chi connectivity index (χ1n) is 5.79. The first-order valence-corrected chi connectivity index (χ1v) is 5.79. The summed E-state index contributed by atoms with van der Waals surface area (Å²) < 4.78 is 5.21. The van der Waals surface area contributed by atoms with Crippen LogP contribution in [0.25, 0.3) is 0 Å². The molecule has 16 heavy (non-hydrogen) atoms. The Labute approximate surface area is 96.4 Å². The molecule has 1 atom stereocenters. The van der Waals surface area contributed by atoms with Gasteiger partial charge in [0.25, 0.3) is 0 Å². The van der Waals surface area contributed by atoms with Crippen molar-refractivity contribution in [3.05, 3.63) is 23.8 Å². The van der Waals surface area contributed by atoms with Crippen molar-refractivity contribution in [3.63, 3.8) is 0 Å². The molecule has 1 aromatic rings. The molecular weight excluding hydrogens is 202 g/mol. The summed E-state index contributed by atoms with van der Waals surface area (Å²) in [6.45, 7) is 2.29. The number of aliphatic hydroxyl groups is 1. The predicted molar refractivity (Wildman–Crippen MR) is 65.0 cm³/mol. The summed E-state index contributed by atoms with van der Waals surface area (Å²) in [6.07, 6.45) is 2.93. The molecule has 0 bridgehead atoms. The summed E-state index contributed by atoms with van der Waals surface area (Å²) in [4.78, 5) is 0. The van der Waals surface area contributed by atoms with Gasteiger partial charge in [-0.15, -0.1) is 0 Å². The van der Waals surface area contributed by atoms with Crippen molar-refractivity contribution in [1.82, 2.24) is 0 Å². The van der Waals surface area contributed by atoms with Crippen LogP contribution in [0.3, 0.4) is 0 Å². The Bertz CT molecular complexity index is 372. The molecule has 3 nitrogen and oxygen atoms in total. The van der Waals surface area contributed by atoms with Gasteiger partial charge < -0.3 is 15.2 Å². The van der Waals surface area contributed by atoms with Gasteiger partial charge >= 0.3 is 0 Å². The third kappa shape index (κ3) is 1.87. The van der Waals surface area contributed by atoms with Gasteiger partial charge in [-0.1, -0.05) is 13.0 Å². The molecule has 1 aliphatic rings. The molecule has 0 saturated carbocycles. The van der Waals surface area contributed by atoms with Crippen LogP contribution < -0.4 is 10.1 Å². The van der Waals surface area contributed by atoms with E-state index in [0.717, 1.165) is 30.7 Å². The van der Waals surface area contributed by atoms with Crippen LogP contribution >= 0.6 is 0 Å². The monoisotopic (exact) mass is 221 g/mol. The molecule has 0 aromatic heterocycles. The van der Waals surface area contributed by atoms with Gasteiger partial charge in [0.2, 0.25) is 0 Å². The van der Waals surface area contributed by atoms with E-state index >= 15 is 0 Å². The first-order chi connectivity index (χ1) is 7.73. The van der Waals surface area contributed by atoms with Crippen molar-refractivity contribution >= 4 is 5.69 Å². The van der Waals surface area contributed by atoms with Gasteiger partial charge in [0, 0.05) is 11.8 Å². The highest BCUT2D eigenvalue weighted by Crippen LogP contribution is 2.34. The number of benzene rings is 1. The van der Waals surface area contributed by atoms with Gasteiger partial charge in [-0.2, -0.15) is 0 Å². The summed E-state index contributed by atoms with van der Waals surface area (Å²) in [5.74, 6) is 0.857. The number of hydrogen-bond acceptors (Lipinski definition) is 3. The SMILES string of the molecule is CCC1(CO)CCc2ccc(OC)cc2N1. The minimum atomic E-state index is -0.153. The Morgan fingerprint density at radius 3 is 2.94 bits per heavy atom. The number of ether oxygens (including phenoxy) is 1. The largest absolute Gasteiger partial charge is 0.497 e. The average Bonchev–Trinajstić information content (AvgIpc) is 2.37. The molecule has 0 saturated heterocycles. The van der Waals surface area contributed by atoms with E-state index < -0.39 is 0 Å². The molecule has 0 amide bonds. The first kappa shape index (κ1) is 11.3. The number of methoxy groups -OCH3 is 1. The van der Waals surface area contributed by atoms with Crippen molar-refractivity contribution in [2.45, 2.75) is 31.7 Å². The summed E-state index contributed by atoms with van der Waals surface area (Å²) in [6, 6.07) is 6.09. The van der Waals surface area contributed by atoms with Crippen molar-refractivity contribution < 1.29 is 9.84 Å². The standard InChI is InChI=1S/C13H19NO2/c1-3-13(9-15)7-6-10-4-5-11(16-2)8-12(10)14-13/h4-5,8,14-15H,3,6-7,9H2,1-2H3.